The Labute approximate surface area is 210 Å². The van der Waals surface area contributed by atoms with Crippen LogP contribution in [0.1, 0.15) is 30.0 Å². The lowest BCUT2D eigenvalue weighted by Gasteiger charge is -2.24. The molecule has 2 heterocycles. The van der Waals surface area contributed by atoms with Gasteiger partial charge in [0.1, 0.15) is 5.25 Å². The Balaban J connectivity index is 1.38. The highest BCUT2D eigenvalue weighted by Gasteiger charge is 2.42. The zero-order valence-electron chi connectivity index (χ0n) is 18.1. The van der Waals surface area contributed by atoms with Crippen LogP contribution in [0.3, 0.4) is 0 Å². The molecule has 6 nitrogen and oxygen atoms in total. The highest BCUT2D eigenvalue weighted by atomic mass is 79.9. The fourth-order valence-corrected chi connectivity index (χ4v) is 5.43. The predicted octanol–water partition coefficient (Wildman–Crippen LogP) is 5.60. The van der Waals surface area contributed by atoms with Crippen LogP contribution in [0, 0.1) is 5.41 Å². The Morgan fingerprint density at radius 2 is 1.56 bits per heavy atom. The molecule has 2 amide bonds. The molecule has 3 aromatic rings. The fourth-order valence-electron chi connectivity index (χ4n) is 4.18. The molecule has 0 aromatic heterocycles. The molecule has 1 fully saturated rings. The van der Waals surface area contributed by atoms with Gasteiger partial charge in [0.15, 0.2) is 5.17 Å². The van der Waals surface area contributed by atoms with Crippen LogP contribution in [0.25, 0.3) is 0 Å². The number of hydrazone groups is 1. The number of carbonyl (C=O) groups is 2. The van der Waals surface area contributed by atoms with Crippen molar-refractivity contribution in [2.24, 2.45) is 5.10 Å². The number of rotatable bonds is 4. The largest absolute Gasteiger partial charge is 0.277 e. The van der Waals surface area contributed by atoms with E-state index in [0.29, 0.717) is 12.1 Å². The molecule has 3 aromatic carbocycles. The third-order valence-electron chi connectivity index (χ3n) is 5.85. The maximum absolute atomic E-state index is 13.1. The minimum Gasteiger partial charge on any atom is -0.277 e. The van der Waals surface area contributed by atoms with Gasteiger partial charge >= 0.3 is 0 Å². The number of nitrogens with zero attached hydrogens (tertiary/aromatic N) is 3. The van der Waals surface area contributed by atoms with Crippen molar-refractivity contribution in [3.05, 3.63) is 101 Å². The molecule has 1 N–H and O–H groups in total. The van der Waals surface area contributed by atoms with Gasteiger partial charge in [-0.2, -0.15) is 5.10 Å². The second kappa shape index (κ2) is 9.56. The number of benzene rings is 3. The molecular formula is C26H21BrN4O2S. The molecule has 0 unspecified atom stereocenters. The van der Waals surface area contributed by atoms with Gasteiger partial charge in [0.05, 0.1) is 17.4 Å². The summed E-state index contributed by atoms with van der Waals surface area (Å²) in [4.78, 5) is 27.0. The van der Waals surface area contributed by atoms with Gasteiger partial charge in [0, 0.05) is 17.3 Å². The molecule has 34 heavy (non-hydrogen) atoms. The zero-order valence-corrected chi connectivity index (χ0v) is 20.5. The molecule has 5 rings (SSSR count). The number of nitrogens with one attached hydrogen (secondary N) is 1. The van der Waals surface area contributed by atoms with Crippen LogP contribution in [-0.2, 0) is 9.59 Å². The molecule has 0 bridgehead atoms. The third kappa shape index (κ3) is 4.43. The van der Waals surface area contributed by atoms with Crippen LogP contribution < -0.4 is 4.90 Å². The molecule has 0 spiro atoms. The normalized spacial score (nSPS) is 20.1. The van der Waals surface area contributed by atoms with Crippen LogP contribution in [-0.4, -0.2) is 33.0 Å². The molecule has 0 radical (unpaired) electrons. The van der Waals surface area contributed by atoms with E-state index in [2.05, 4.69) is 15.9 Å². The van der Waals surface area contributed by atoms with Gasteiger partial charge in [-0.25, -0.2) is 9.91 Å². The van der Waals surface area contributed by atoms with Gasteiger partial charge in [0.2, 0.25) is 11.8 Å². The number of halogens is 1. The Hall–Kier alpha value is -3.23. The Morgan fingerprint density at radius 1 is 0.912 bits per heavy atom. The lowest BCUT2D eigenvalue weighted by Crippen LogP contribution is -2.32. The van der Waals surface area contributed by atoms with Crippen LogP contribution in [0.4, 0.5) is 5.69 Å². The smallest absolute Gasteiger partial charge is 0.247 e. The SMILES string of the molecule is N=C(S[C@@H]1CC(=O)N(c2ccc(Br)cc2)C1=O)N1N=C(c2ccccc2)C[C@@H]1c1ccccc1. The average Bonchev–Trinajstić information content (AvgIpc) is 3.42. The molecule has 2 atom stereocenters. The number of amidine groups is 1. The van der Waals surface area contributed by atoms with E-state index < -0.39 is 5.25 Å². The summed E-state index contributed by atoms with van der Waals surface area (Å²) in [6.45, 7) is 0. The summed E-state index contributed by atoms with van der Waals surface area (Å²) in [6, 6.07) is 26.8. The maximum Gasteiger partial charge on any atom is 0.247 e. The molecule has 0 saturated carbocycles. The Kier molecular flexibility index (Phi) is 6.34. The summed E-state index contributed by atoms with van der Waals surface area (Å²) in [6.07, 6.45) is 0.709. The number of imide groups is 1. The first-order valence-electron chi connectivity index (χ1n) is 10.9. The lowest BCUT2D eigenvalue weighted by atomic mass is 9.99. The summed E-state index contributed by atoms with van der Waals surface area (Å²) in [5, 5.41) is 14.8. The Bertz CT molecular complexity index is 1260. The molecule has 1 saturated heterocycles. The summed E-state index contributed by atoms with van der Waals surface area (Å²) in [5.74, 6) is -0.558. The fraction of sp³-hybridized carbons (Fsp3) is 0.154. The second-order valence-electron chi connectivity index (χ2n) is 8.05. The molecule has 8 heteroatoms. The lowest BCUT2D eigenvalue weighted by molar-refractivity contribution is -0.121. The number of hydrogen-bond donors (Lipinski definition) is 1. The molecular weight excluding hydrogens is 512 g/mol. The topological polar surface area (TPSA) is 76.8 Å². The van der Waals surface area contributed by atoms with E-state index in [9.17, 15) is 9.59 Å². The predicted molar refractivity (Wildman–Crippen MR) is 139 cm³/mol. The van der Waals surface area contributed by atoms with E-state index in [-0.39, 0.29) is 29.4 Å². The van der Waals surface area contributed by atoms with E-state index in [1.54, 1.807) is 29.3 Å². The molecule has 2 aliphatic heterocycles. The molecule has 2 aliphatic rings. The van der Waals surface area contributed by atoms with Crippen molar-refractivity contribution in [2.45, 2.75) is 24.1 Å². The summed E-state index contributed by atoms with van der Waals surface area (Å²) < 4.78 is 0.871. The van der Waals surface area contributed by atoms with E-state index >= 15 is 0 Å². The van der Waals surface area contributed by atoms with Crippen LogP contribution >= 0.6 is 27.7 Å². The van der Waals surface area contributed by atoms with Crippen LogP contribution in [0.2, 0.25) is 0 Å². The monoisotopic (exact) mass is 532 g/mol. The van der Waals surface area contributed by atoms with Crippen molar-refractivity contribution in [1.82, 2.24) is 5.01 Å². The summed E-state index contributed by atoms with van der Waals surface area (Å²) >= 11 is 4.47. The van der Waals surface area contributed by atoms with E-state index in [1.807, 2.05) is 60.7 Å². The van der Waals surface area contributed by atoms with Crippen molar-refractivity contribution < 1.29 is 9.59 Å². The molecule has 0 aliphatic carbocycles. The van der Waals surface area contributed by atoms with Gasteiger partial charge in [-0.3, -0.25) is 15.0 Å². The van der Waals surface area contributed by atoms with Gasteiger partial charge < -0.3 is 0 Å². The number of thioether (sulfide) groups is 1. The Morgan fingerprint density at radius 3 is 2.24 bits per heavy atom. The maximum atomic E-state index is 13.1. The molecule has 170 valence electrons. The van der Waals surface area contributed by atoms with Crippen molar-refractivity contribution in [3.8, 4) is 0 Å². The van der Waals surface area contributed by atoms with E-state index in [4.69, 9.17) is 10.5 Å². The van der Waals surface area contributed by atoms with Crippen molar-refractivity contribution in [1.29, 1.82) is 5.41 Å². The zero-order chi connectivity index (χ0) is 23.7. The van der Waals surface area contributed by atoms with Crippen LogP contribution in [0.5, 0.6) is 0 Å². The van der Waals surface area contributed by atoms with Gasteiger partial charge in [-0.05, 0) is 35.4 Å². The second-order valence-corrected chi connectivity index (χ2v) is 10.2. The number of hydrogen-bond acceptors (Lipinski definition) is 5. The van der Waals surface area contributed by atoms with Gasteiger partial charge in [0.25, 0.3) is 0 Å². The summed E-state index contributed by atoms with van der Waals surface area (Å²) in [5.41, 5.74) is 3.50. The minimum atomic E-state index is -0.656. The van der Waals surface area contributed by atoms with Crippen LogP contribution in [0.15, 0.2) is 94.5 Å². The quantitative estimate of drug-likeness (QED) is 0.269. The summed E-state index contributed by atoms with van der Waals surface area (Å²) in [7, 11) is 0. The first-order valence-corrected chi connectivity index (χ1v) is 12.5. The highest BCUT2D eigenvalue weighted by molar-refractivity contribution is 9.10. The van der Waals surface area contributed by atoms with Crippen molar-refractivity contribution in [3.63, 3.8) is 0 Å². The van der Waals surface area contributed by atoms with Crippen molar-refractivity contribution in [2.75, 3.05) is 4.90 Å². The first kappa shape index (κ1) is 22.6. The number of carbonyl (C=O) groups excluding carboxylic acids is 2. The number of amides is 2. The van der Waals surface area contributed by atoms with Gasteiger partial charge in [-0.1, -0.05) is 88.4 Å². The standard InChI is InChI=1S/C26H21BrN4O2S/c27-19-11-13-20(14-12-19)30-24(32)16-23(25(30)33)34-26(28)31-22(18-9-5-2-6-10-18)15-21(29-31)17-7-3-1-4-8-17/h1-14,22-23,28H,15-16H2/t22-,23-/m1/s1. The third-order valence-corrected chi connectivity index (χ3v) is 7.45. The van der Waals surface area contributed by atoms with E-state index in [0.717, 1.165) is 33.1 Å². The average molecular weight is 533 g/mol. The van der Waals surface area contributed by atoms with E-state index in [1.165, 1.54) is 4.90 Å². The van der Waals surface area contributed by atoms with Crippen molar-refractivity contribution >= 4 is 56.1 Å². The number of anilines is 1. The first-order chi connectivity index (χ1) is 16.5. The highest BCUT2D eigenvalue weighted by Crippen LogP contribution is 2.37. The minimum absolute atomic E-state index is 0.0566. The van der Waals surface area contributed by atoms with Gasteiger partial charge in [-0.15, -0.1) is 0 Å².